The molecule has 2 rings (SSSR count). The lowest BCUT2D eigenvalue weighted by atomic mass is 10.2. The number of benzene rings is 1. The van der Waals surface area contributed by atoms with Crippen LogP contribution in [0.5, 0.6) is 0 Å². The molecule has 0 radical (unpaired) electrons. The summed E-state index contributed by atoms with van der Waals surface area (Å²) < 4.78 is 68.1. The quantitative estimate of drug-likeness (QED) is 0.723. The number of alkyl halides is 3. The van der Waals surface area contributed by atoms with E-state index in [1.165, 1.54) is 6.92 Å². The maximum atomic E-state index is 12.9. The molecule has 148 valence electrons. The van der Waals surface area contributed by atoms with Crippen LogP contribution >= 0.6 is 23.2 Å². The first-order chi connectivity index (χ1) is 12.3. The summed E-state index contributed by atoms with van der Waals surface area (Å²) in [6.45, 7) is 1.42. The Balaban J connectivity index is 2.80. The monoisotopic (exact) mass is 445 g/mol. The van der Waals surface area contributed by atoms with E-state index in [1.54, 1.807) is 0 Å². The highest BCUT2D eigenvalue weighted by atomic mass is 35.5. The third-order valence-corrected chi connectivity index (χ3v) is 4.99. The molecule has 0 saturated carbocycles. The van der Waals surface area contributed by atoms with Gasteiger partial charge in [-0.25, -0.2) is 17.9 Å². The van der Waals surface area contributed by atoms with Gasteiger partial charge in [0.05, 0.1) is 22.2 Å². The van der Waals surface area contributed by atoms with Crippen molar-refractivity contribution in [3.63, 3.8) is 0 Å². The maximum absolute atomic E-state index is 12.9. The molecule has 0 aliphatic rings. The van der Waals surface area contributed by atoms with Gasteiger partial charge < -0.3 is 10.5 Å². The van der Waals surface area contributed by atoms with E-state index in [2.05, 4.69) is 5.10 Å². The van der Waals surface area contributed by atoms with Crippen LogP contribution in [-0.2, 0) is 20.8 Å². The molecule has 0 amide bonds. The van der Waals surface area contributed by atoms with E-state index in [4.69, 9.17) is 33.7 Å². The molecular formula is C14H12Cl2F3N3O4S. The van der Waals surface area contributed by atoms with Crippen molar-refractivity contribution in [2.45, 2.75) is 18.0 Å². The van der Waals surface area contributed by atoms with Crippen molar-refractivity contribution in [3.05, 3.63) is 33.4 Å². The summed E-state index contributed by atoms with van der Waals surface area (Å²) in [6.07, 6.45) is -3.93. The van der Waals surface area contributed by atoms with Gasteiger partial charge in [0, 0.05) is 6.26 Å². The molecular weight excluding hydrogens is 434 g/mol. The SMILES string of the molecule is CCOC(=O)c1nn(-c2c(Cl)cc(C(F)(F)F)cc2Cl)c(N)c1S(C)(=O)=O. The standard InChI is InChI=1S/C14H12Cl2F3N3O4S/c1-3-26-13(23)9-11(27(2,24)25)12(20)22(21-9)10-7(15)4-6(5-8(10)16)14(17,18)19/h4-5H,3,20H2,1-2H3. The van der Waals surface area contributed by atoms with E-state index in [9.17, 15) is 26.4 Å². The van der Waals surface area contributed by atoms with Gasteiger partial charge in [0.25, 0.3) is 0 Å². The lowest BCUT2D eigenvalue weighted by molar-refractivity contribution is -0.137. The minimum absolute atomic E-state index is 0.0728. The second-order valence-corrected chi connectivity index (χ2v) is 8.02. The fraction of sp³-hybridized carbons (Fsp3) is 0.286. The number of hydrogen-bond donors (Lipinski definition) is 1. The Labute approximate surface area is 161 Å². The van der Waals surface area contributed by atoms with Crippen molar-refractivity contribution in [2.24, 2.45) is 0 Å². The van der Waals surface area contributed by atoms with Crippen molar-refractivity contribution < 1.29 is 31.1 Å². The average molecular weight is 446 g/mol. The zero-order chi connectivity index (χ0) is 20.7. The average Bonchev–Trinajstić information content (AvgIpc) is 2.83. The van der Waals surface area contributed by atoms with Gasteiger partial charge >= 0.3 is 12.1 Å². The van der Waals surface area contributed by atoms with Crippen molar-refractivity contribution in [1.29, 1.82) is 0 Å². The van der Waals surface area contributed by atoms with E-state index in [1.807, 2.05) is 0 Å². The van der Waals surface area contributed by atoms with Gasteiger partial charge in [0.1, 0.15) is 16.4 Å². The molecule has 0 atom stereocenters. The lowest BCUT2D eigenvalue weighted by Gasteiger charge is -2.13. The van der Waals surface area contributed by atoms with Crippen molar-refractivity contribution >= 4 is 44.8 Å². The number of nitrogens with two attached hydrogens (primary N) is 1. The Morgan fingerprint density at radius 1 is 1.30 bits per heavy atom. The summed E-state index contributed by atoms with van der Waals surface area (Å²) in [5, 5.41) is 2.77. The second kappa shape index (κ2) is 7.21. The minimum atomic E-state index is -4.71. The van der Waals surface area contributed by atoms with Crippen LogP contribution in [0.4, 0.5) is 19.0 Å². The number of hydrogen-bond acceptors (Lipinski definition) is 6. The number of carbonyl (C=O) groups excluding carboxylic acids is 1. The summed E-state index contributed by atoms with van der Waals surface area (Å²) in [6, 6.07) is 1.15. The smallest absolute Gasteiger partial charge is 0.416 e. The molecule has 2 aromatic rings. The number of rotatable bonds is 4. The second-order valence-electron chi connectivity index (χ2n) is 5.25. The molecule has 0 spiro atoms. The van der Waals surface area contributed by atoms with Crippen LogP contribution in [-0.4, -0.2) is 37.0 Å². The van der Waals surface area contributed by atoms with Gasteiger partial charge in [0.2, 0.25) is 0 Å². The van der Waals surface area contributed by atoms with Gasteiger partial charge in [0.15, 0.2) is 15.5 Å². The molecule has 7 nitrogen and oxygen atoms in total. The van der Waals surface area contributed by atoms with Crippen LogP contribution < -0.4 is 5.73 Å². The summed E-state index contributed by atoms with van der Waals surface area (Å²) >= 11 is 11.8. The fourth-order valence-corrected chi connectivity index (χ4v) is 3.81. The predicted molar refractivity (Wildman–Crippen MR) is 92.1 cm³/mol. The largest absolute Gasteiger partial charge is 0.461 e. The highest BCUT2D eigenvalue weighted by Crippen LogP contribution is 2.39. The van der Waals surface area contributed by atoms with Crippen molar-refractivity contribution in [2.75, 3.05) is 18.6 Å². The Bertz CT molecular complexity index is 996. The number of nitrogens with zero attached hydrogens (tertiary/aromatic N) is 2. The normalized spacial score (nSPS) is 12.3. The number of esters is 1. The number of nitrogen functional groups attached to an aromatic ring is 1. The first-order valence-electron chi connectivity index (χ1n) is 7.11. The van der Waals surface area contributed by atoms with Crippen molar-refractivity contribution in [1.82, 2.24) is 9.78 Å². The maximum Gasteiger partial charge on any atom is 0.416 e. The summed E-state index contributed by atoms with van der Waals surface area (Å²) in [4.78, 5) is 11.4. The molecule has 0 aliphatic heterocycles. The number of sulfone groups is 1. The van der Waals surface area contributed by atoms with E-state index >= 15 is 0 Å². The molecule has 2 N–H and O–H groups in total. The van der Waals surface area contributed by atoms with Crippen LogP contribution in [0.3, 0.4) is 0 Å². The van der Waals surface area contributed by atoms with Gasteiger partial charge in [-0.05, 0) is 19.1 Å². The van der Waals surface area contributed by atoms with Gasteiger partial charge in [-0.2, -0.15) is 18.3 Å². The first kappa shape index (κ1) is 21.3. The van der Waals surface area contributed by atoms with E-state index < -0.39 is 54.0 Å². The lowest BCUT2D eigenvalue weighted by Crippen LogP contribution is -2.11. The van der Waals surface area contributed by atoms with Gasteiger partial charge in [-0.1, -0.05) is 23.2 Å². The summed E-state index contributed by atoms with van der Waals surface area (Å²) in [7, 11) is -4.05. The molecule has 0 saturated heterocycles. The van der Waals surface area contributed by atoms with Crippen LogP contribution in [0.15, 0.2) is 17.0 Å². The Hall–Kier alpha value is -1.98. The van der Waals surface area contributed by atoms with Crippen molar-refractivity contribution in [3.8, 4) is 5.69 Å². The molecule has 13 heteroatoms. The molecule has 27 heavy (non-hydrogen) atoms. The number of halogens is 5. The topological polar surface area (TPSA) is 104 Å². The van der Waals surface area contributed by atoms with E-state index in [-0.39, 0.29) is 12.3 Å². The Kier molecular flexibility index (Phi) is 5.69. The molecule has 1 aromatic carbocycles. The molecule has 0 unspecified atom stereocenters. The molecule has 1 aromatic heterocycles. The highest BCUT2D eigenvalue weighted by molar-refractivity contribution is 7.91. The zero-order valence-electron chi connectivity index (χ0n) is 13.8. The van der Waals surface area contributed by atoms with Gasteiger partial charge in [-0.15, -0.1) is 0 Å². The number of anilines is 1. The van der Waals surface area contributed by atoms with Crippen LogP contribution in [0, 0.1) is 0 Å². The predicted octanol–water partition coefficient (Wildman–Crippen LogP) is 3.36. The Morgan fingerprint density at radius 3 is 2.22 bits per heavy atom. The molecule has 0 bridgehead atoms. The Morgan fingerprint density at radius 2 is 1.81 bits per heavy atom. The molecule has 0 aliphatic carbocycles. The number of aromatic nitrogens is 2. The summed E-state index contributed by atoms with van der Waals surface area (Å²) in [5.41, 5.74) is 3.72. The van der Waals surface area contributed by atoms with E-state index in [0.717, 1.165) is 6.26 Å². The third-order valence-electron chi connectivity index (χ3n) is 3.27. The highest BCUT2D eigenvalue weighted by Gasteiger charge is 2.34. The third kappa shape index (κ3) is 4.14. The van der Waals surface area contributed by atoms with Gasteiger partial charge in [-0.3, -0.25) is 0 Å². The number of carbonyl (C=O) groups is 1. The van der Waals surface area contributed by atoms with Crippen LogP contribution in [0.25, 0.3) is 5.69 Å². The molecule has 0 fully saturated rings. The summed E-state index contributed by atoms with van der Waals surface area (Å²) in [5.74, 6) is -1.63. The first-order valence-corrected chi connectivity index (χ1v) is 9.76. The molecule has 1 heterocycles. The minimum Gasteiger partial charge on any atom is -0.461 e. The zero-order valence-corrected chi connectivity index (χ0v) is 16.1. The number of ether oxygens (including phenoxy) is 1. The van der Waals surface area contributed by atoms with Crippen LogP contribution in [0.2, 0.25) is 10.0 Å². The van der Waals surface area contributed by atoms with E-state index in [0.29, 0.717) is 16.8 Å². The van der Waals surface area contributed by atoms with Crippen LogP contribution in [0.1, 0.15) is 23.0 Å². The fourth-order valence-electron chi connectivity index (χ4n) is 2.22.